The lowest BCUT2D eigenvalue weighted by atomic mass is 9.76. The number of sulfonamides is 1. The molecule has 0 bridgehead atoms. The van der Waals surface area contributed by atoms with Crippen molar-refractivity contribution in [1.82, 2.24) is 20.3 Å². The number of nitrogens with one attached hydrogen (secondary N) is 3. The van der Waals surface area contributed by atoms with E-state index in [9.17, 15) is 22.8 Å². The Bertz CT molecular complexity index is 1510. The Morgan fingerprint density at radius 2 is 1.42 bits per heavy atom. The molecule has 248 valence electrons. The zero-order valence-electron chi connectivity index (χ0n) is 28.9. The first kappa shape index (κ1) is 37.7. The number of hydrogen-bond donors (Lipinski definition) is 3. The predicted octanol–water partition coefficient (Wildman–Crippen LogP) is 4.84. The number of likely N-dealkylation sites (N-methyl/N-ethyl adjacent to an activating group) is 2. The van der Waals surface area contributed by atoms with Gasteiger partial charge in [0.25, 0.3) is 10.0 Å². The highest BCUT2D eigenvalue weighted by Crippen LogP contribution is 2.30. The number of carbonyl (C=O) groups is 3. The molecule has 0 aliphatic heterocycles. The first-order valence-electron chi connectivity index (χ1n) is 15.3. The van der Waals surface area contributed by atoms with E-state index in [1.165, 1.54) is 17.0 Å². The molecule has 3 atom stereocenters. The van der Waals surface area contributed by atoms with E-state index in [0.717, 1.165) is 16.7 Å². The van der Waals surface area contributed by atoms with Gasteiger partial charge in [0, 0.05) is 18.2 Å². The summed E-state index contributed by atoms with van der Waals surface area (Å²) in [5.74, 6) is -2.44. The van der Waals surface area contributed by atoms with E-state index in [1.54, 1.807) is 39.2 Å². The van der Waals surface area contributed by atoms with Crippen LogP contribution >= 0.6 is 0 Å². The summed E-state index contributed by atoms with van der Waals surface area (Å²) in [6.07, 6.45) is 1.60. The minimum atomic E-state index is -4.07. The Morgan fingerprint density at radius 1 is 0.844 bits per heavy atom. The number of allylic oxidation sites excluding steroid dienone is 1. The summed E-state index contributed by atoms with van der Waals surface area (Å²) in [7, 11) is -0.729. The van der Waals surface area contributed by atoms with Crippen molar-refractivity contribution in [3.8, 4) is 0 Å². The summed E-state index contributed by atoms with van der Waals surface area (Å²) in [6, 6.07) is 12.7. The van der Waals surface area contributed by atoms with Crippen LogP contribution in [0.1, 0.15) is 72.1 Å². The second kappa shape index (κ2) is 14.7. The van der Waals surface area contributed by atoms with E-state index in [4.69, 9.17) is 0 Å². The fourth-order valence-electron chi connectivity index (χ4n) is 5.25. The van der Waals surface area contributed by atoms with E-state index in [2.05, 4.69) is 21.4 Å². The van der Waals surface area contributed by atoms with Gasteiger partial charge in [-0.15, -0.1) is 0 Å². The fraction of sp³-hybridized carbons (Fsp3) is 0.514. The first-order chi connectivity index (χ1) is 20.6. The highest BCUT2D eigenvalue weighted by atomic mass is 32.2. The molecule has 0 fully saturated rings. The van der Waals surface area contributed by atoms with Crippen LogP contribution in [0, 0.1) is 31.1 Å². The lowest BCUT2D eigenvalue weighted by Crippen LogP contribution is -2.60. The minimum absolute atomic E-state index is 0.0109. The molecule has 0 saturated heterocycles. The summed E-state index contributed by atoms with van der Waals surface area (Å²) >= 11 is 0. The molecule has 0 aliphatic rings. The van der Waals surface area contributed by atoms with Crippen LogP contribution in [-0.2, 0) is 29.8 Å². The molecule has 0 saturated carbocycles. The Balaban J connectivity index is 2.34. The highest BCUT2D eigenvalue weighted by Gasteiger charge is 2.41. The third-order valence-corrected chi connectivity index (χ3v) is 9.51. The molecule has 45 heavy (non-hydrogen) atoms. The highest BCUT2D eigenvalue weighted by molar-refractivity contribution is 7.90. The van der Waals surface area contributed by atoms with Gasteiger partial charge in [-0.3, -0.25) is 14.4 Å². The van der Waals surface area contributed by atoms with E-state index >= 15 is 0 Å². The summed E-state index contributed by atoms with van der Waals surface area (Å²) in [5.41, 5.74) is 2.27. The molecule has 1 unspecified atom stereocenters. The van der Waals surface area contributed by atoms with Crippen molar-refractivity contribution < 1.29 is 22.8 Å². The number of aryl methyl sites for hydroxylation is 2. The quantitative estimate of drug-likeness (QED) is 0.305. The molecule has 9 nitrogen and oxygen atoms in total. The summed E-state index contributed by atoms with van der Waals surface area (Å²) < 4.78 is 27.8. The molecule has 2 aromatic rings. The number of benzene rings is 2. The van der Waals surface area contributed by atoms with Gasteiger partial charge < -0.3 is 15.5 Å². The van der Waals surface area contributed by atoms with Crippen molar-refractivity contribution in [2.45, 2.75) is 91.6 Å². The monoisotopic (exact) mass is 640 g/mol. The van der Waals surface area contributed by atoms with Gasteiger partial charge in [-0.25, -0.2) is 13.1 Å². The number of carbonyl (C=O) groups excluding carboxylic acids is 3. The van der Waals surface area contributed by atoms with Crippen LogP contribution < -0.4 is 15.4 Å². The minimum Gasteiger partial charge on any atom is -0.342 e. The lowest BCUT2D eigenvalue weighted by Gasteiger charge is -2.39. The van der Waals surface area contributed by atoms with Crippen LogP contribution in [0.2, 0.25) is 0 Å². The van der Waals surface area contributed by atoms with Crippen molar-refractivity contribution >= 4 is 27.7 Å². The van der Waals surface area contributed by atoms with Crippen molar-refractivity contribution in [2.75, 3.05) is 14.1 Å². The Morgan fingerprint density at radius 3 is 1.91 bits per heavy atom. The van der Waals surface area contributed by atoms with Gasteiger partial charge >= 0.3 is 0 Å². The van der Waals surface area contributed by atoms with Gasteiger partial charge in [0.2, 0.25) is 17.7 Å². The number of nitrogens with zero attached hydrogens (tertiary/aromatic N) is 1. The van der Waals surface area contributed by atoms with Crippen LogP contribution in [0.5, 0.6) is 0 Å². The molecule has 3 N–H and O–H groups in total. The van der Waals surface area contributed by atoms with Gasteiger partial charge in [0.05, 0.1) is 16.9 Å². The number of hydrogen-bond acceptors (Lipinski definition) is 6. The smallest absolute Gasteiger partial charge is 0.264 e. The summed E-state index contributed by atoms with van der Waals surface area (Å²) in [5, 5.41) is 6.18. The third-order valence-electron chi connectivity index (χ3n) is 8.14. The zero-order valence-corrected chi connectivity index (χ0v) is 29.7. The maximum Gasteiger partial charge on any atom is 0.264 e. The van der Waals surface area contributed by atoms with Crippen LogP contribution in [0.4, 0.5) is 0 Å². The average Bonchev–Trinajstić information content (AvgIpc) is 2.93. The van der Waals surface area contributed by atoms with Crippen LogP contribution in [-0.4, -0.2) is 57.2 Å². The normalized spacial score (nSPS) is 14.8. The standard InChI is InChI=1S/C35H52N4O5S/c1-22(2)28(21-25(5)31(40)38-45(43,44)27-18-16-23(3)17-19-27)39(12)33(42)30(34(6,7)8)37-32(41)29(36-11)35(9,10)26-15-13-14-24(4)20-26/h13-22,25,29-30,36H,1-12H3,(H,37,41)(H,38,40)/b28-21+/t25?,29-,30-/m1/s1. The molecule has 0 radical (unpaired) electrons. The third kappa shape index (κ3) is 9.50. The van der Waals surface area contributed by atoms with Crippen molar-refractivity contribution in [3.05, 3.63) is 77.0 Å². The van der Waals surface area contributed by atoms with E-state index < -0.39 is 44.8 Å². The molecule has 0 aromatic heterocycles. The van der Waals surface area contributed by atoms with Crippen LogP contribution in [0.25, 0.3) is 0 Å². The van der Waals surface area contributed by atoms with Crippen molar-refractivity contribution in [3.63, 3.8) is 0 Å². The van der Waals surface area contributed by atoms with E-state index in [-0.39, 0.29) is 22.6 Å². The second-order valence-electron chi connectivity index (χ2n) is 13.8. The largest absolute Gasteiger partial charge is 0.342 e. The maximum atomic E-state index is 14.1. The van der Waals surface area contributed by atoms with E-state index in [1.807, 2.05) is 80.5 Å². The van der Waals surface area contributed by atoms with Crippen molar-refractivity contribution in [1.29, 1.82) is 0 Å². The van der Waals surface area contributed by atoms with Gasteiger partial charge in [0.1, 0.15) is 6.04 Å². The molecule has 0 aliphatic carbocycles. The predicted molar refractivity (Wildman–Crippen MR) is 180 cm³/mol. The fourth-order valence-corrected chi connectivity index (χ4v) is 6.32. The molecule has 0 heterocycles. The summed E-state index contributed by atoms with van der Waals surface area (Å²) in [4.78, 5) is 42.4. The topological polar surface area (TPSA) is 125 Å². The molecule has 10 heteroatoms. The maximum absolute atomic E-state index is 14.1. The van der Waals surface area contributed by atoms with Crippen LogP contribution in [0.3, 0.4) is 0 Å². The lowest BCUT2D eigenvalue weighted by molar-refractivity contribution is -0.138. The second-order valence-corrected chi connectivity index (χ2v) is 15.5. The molecular formula is C35H52N4O5S. The molecule has 0 spiro atoms. The Kier molecular flexibility index (Phi) is 12.3. The van der Waals surface area contributed by atoms with Crippen LogP contribution in [0.15, 0.2) is 65.2 Å². The summed E-state index contributed by atoms with van der Waals surface area (Å²) in [6.45, 7) is 18.8. The van der Waals surface area contributed by atoms with Gasteiger partial charge in [-0.1, -0.05) is 102 Å². The van der Waals surface area contributed by atoms with E-state index in [0.29, 0.717) is 5.70 Å². The zero-order chi connectivity index (χ0) is 34.5. The number of amides is 3. The SMILES string of the molecule is CN[C@H](C(=O)N[C@H](C(=O)N(C)/C(=C/C(C)C(=O)NS(=O)(=O)c1ccc(C)cc1)C(C)C)C(C)(C)C)C(C)(C)c1cccc(C)c1. The molecule has 3 amide bonds. The van der Waals surface area contributed by atoms with Gasteiger partial charge in [-0.05, 0) is 56.8 Å². The van der Waals surface area contributed by atoms with Gasteiger partial charge in [-0.2, -0.15) is 0 Å². The average molecular weight is 641 g/mol. The Labute approximate surface area is 270 Å². The number of rotatable bonds is 12. The first-order valence-corrected chi connectivity index (χ1v) is 16.8. The molecule has 2 aromatic carbocycles. The molecular weight excluding hydrogens is 588 g/mol. The van der Waals surface area contributed by atoms with Crippen molar-refractivity contribution in [2.24, 2.45) is 17.3 Å². The molecule has 2 rings (SSSR count). The van der Waals surface area contributed by atoms with Gasteiger partial charge in [0.15, 0.2) is 0 Å². The Hall–Kier alpha value is -3.50.